The fraction of sp³-hybridized carbons (Fsp3) is 0.917. The van der Waals surface area contributed by atoms with Crippen molar-refractivity contribution < 1.29 is 9.53 Å². The van der Waals surface area contributed by atoms with Crippen LogP contribution < -0.4 is 0 Å². The van der Waals surface area contributed by atoms with Crippen molar-refractivity contribution in [3.05, 3.63) is 0 Å². The highest BCUT2D eigenvalue weighted by molar-refractivity contribution is 6.20. The lowest BCUT2D eigenvalue weighted by Crippen LogP contribution is -2.41. The number of carbonyl (C=O) groups is 1. The van der Waals surface area contributed by atoms with Gasteiger partial charge in [-0.15, -0.1) is 11.6 Å². The number of alkyl halides is 1. The second-order valence-electron chi connectivity index (χ2n) is 5.41. The average molecular weight is 233 g/mol. The van der Waals surface area contributed by atoms with Gasteiger partial charge in [-0.3, -0.25) is 4.79 Å². The highest BCUT2D eigenvalue weighted by atomic mass is 35.5. The lowest BCUT2D eigenvalue weighted by molar-refractivity contribution is -0.136. The second kappa shape index (κ2) is 4.84. The Morgan fingerprint density at radius 3 is 2.40 bits per heavy atom. The number of ketones is 1. The molecule has 0 heterocycles. The molecule has 0 aliphatic heterocycles. The first-order valence-corrected chi connectivity index (χ1v) is 6.01. The lowest BCUT2D eigenvalue weighted by Gasteiger charge is -2.35. The van der Waals surface area contributed by atoms with Crippen LogP contribution in [0.2, 0.25) is 0 Å². The third kappa shape index (κ3) is 3.18. The Bertz CT molecular complexity index is 232. The molecule has 0 N–H and O–H groups in total. The number of ether oxygens (including phenoxy) is 1. The minimum absolute atomic E-state index is 0.00738. The van der Waals surface area contributed by atoms with Crippen molar-refractivity contribution in [1.29, 1.82) is 0 Å². The summed E-state index contributed by atoms with van der Waals surface area (Å²) < 4.78 is 5.39. The van der Waals surface area contributed by atoms with Gasteiger partial charge in [0, 0.05) is 23.8 Å². The molecule has 88 valence electrons. The van der Waals surface area contributed by atoms with Crippen LogP contribution in [0.5, 0.6) is 0 Å². The molecule has 1 saturated carbocycles. The standard InChI is InChI=1S/C12H21ClO2/c1-12(2,3)11(14)9-6-5-8(13)7-10(9)15-4/h8-10H,5-7H2,1-4H3. The van der Waals surface area contributed by atoms with Gasteiger partial charge in [0.25, 0.3) is 0 Å². The van der Waals surface area contributed by atoms with Crippen molar-refractivity contribution in [3.8, 4) is 0 Å². The molecule has 15 heavy (non-hydrogen) atoms. The first kappa shape index (κ1) is 13.0. The number of methoxy groups -OCH3 is 1. The van der Waals surface area contributed by atoms with E-state index in [1.807, 2.05) is 20.8 Å². The molecule has 1 rings (SSSR count). The van der Waals surface area contributed by atoms with Crippen LogP contribution in [0.1, 0.15) is 40.0 Å². The van der Waals surface area contributed by atoms with E-state index in [4.69, 9.17) is 16.3 Å². The van der Waals surface area contributed by atoms with E-state index in [0.29, 0.717) is 5.78 Å². The zero-order chi connectivity index (χ0) is 11.6. The predicted molar refractivity (Wildman–Crippen MR) is 62.2 cm³/mol. The Hall–Kier alpha value is -0.0800. The molecule has 0 radical (unpaired) electrons. The van der Waals surface area contributed by atoms with Gasteiger partial charge in [-0.05, 0) is 19.3 Å². The molecule has 1 aliphatic rings. The van der Waals surface area contributed by atoms with Gasteiger partial charge in [-0.25, -0.2) is 0 Å². The molecule has 3 unspecified atom stereocenters. The van der Waals surface area contributed by atoms with Crippen LogP contribution in [0.15, 0.2) is 0 Å². The molecular formula is C12H21ClO2. The van der Waals surface area contributed by atoms with Crippen molar-refractivity contribution >= 4 is 17.4 Å². The van der Waals surface area contributed by atoms with Crippen LogP contribution in [-0.2, 0) is 9.53 Å². The van der Waals surface area contributed by atoms with Crippen molar-refractivity contribution in [3.63, 3.8) is 0 Å². The van der Waals surface area contributed by atoms with Gasteiger partial charge in [-0.2, -0.15) is 0 Å². The second-order valence-corrected chi connectivity index (χ2v) is 6.02. The van der Waals surface area contributed by atoms with Gasteiger partial charge in [0.1, 0.15) is 5.78 Å². The van der Waals surface area contributed by atoms with E-state index in [1.54, 1.807) is 7.11 Å². The smallest absolute Gasteiger partial charge is 0.143 e. The van der Waals surface area contributed by atoms with Crippen LogP contribution in [0, 0.1) is 11.3 Å². The van der Waals surface area contributed by atoms with E-state index in [-0.39, 0.29) is 22.8 Å². The summed E-state index contributed by atoms with van der Waals surface area (Å²) in [5.41, 5.74) is -0.277. The van der Waals surface area contributed by atoms with Crippen molar-refractivity contribution in [1.82, 2.24) is 0 Å². The highest BCUT2D eigenvalue weighted by Gasteiger charge is 2.38. The molecule has 2 nitrogen and oxygen atoms in total. The fourth-order valence-corrected chi connectivity index (χ4v) is 2.50. The predicted octanol–water partition coefficient (Wildman–Crippen LogP) is 3.02. The number of hydrogen-bond donors (Lipinski definition) is 0. The van der Waals surface area contributed by atoms with Crippen LogP contribution >= 0.6 is 11.6 Å². The van der Waals surface area contributed by atoms with Gasteiger partial charge in [0.2, 0.25) is 0 Å². The Balaban J connectivity index is 2.72. The van der Waals surface area contributed by atoms with Gasteiger partial charge < -0.3 is 4.74 Å². The van der Waals surface area contributed by atoms with Crippen LogP contribution in [0.25, 0.3) is 0 Å². The van der Waals surface area contributed by atoms with E-state index >= 15 is 0 Å². The lowest BCUT2D eigenvalue weighted by atomic mass is 9.74. The Kier molecular flexibility index (Phi) is 4.19. The van der Waals surface area contributed by atoms with Crippen molar-refractivity contribution in [2.24, 2.45) is 11.3 Å². The van der Waals surface area contributed by atoms with E-state index in [1.165, 1.54) is 0 Å². The van der Waals surface area contributed by atoms with E-state index < -0.39 is 0 Å². The molecule has 0 bridgehead atoms. The molecule has 1 fully saturated rings. The third-order valence-electron chi connectivity index (χ3n) is 3.11. The molecule has 0 aromatic heterocycles. The summed E-state index contributed by atoms with van der Waals surface area (Å²) in [4.78, 5) is 12.2. The van der Waals surface area contributed by atoms with Crippen LogP contribution in [-0.4, -0.2) is 24.4 Å². The third-order valence-corrected chi connectivity index (χ3v) is 3.50. The molecule has 1 aliphatic carbocycles. The molecule has 3 atom stereocenters. The van der Waals surface area contributed by atoms with Crippen LogP contribution in [0.3, 0.4) is 0 Å². The zero-order valence-electron chi connectivity index (χ0n) is 10.0. The Morgan fingerprint density at radius 2 is 1.93 bits per heavy atom. The summed E-state index contributed by atoms with van der Waals surface area (Å²) in [5, 5.41) is 0.166. The first-order chi connectivity index (χ1) is 6.86. The monoisotopic (exact) mass is 232 g/mol. The zero-order valence-corrected chi connectivity index (χ0v) is 10.8. The van der Waals surface area contributed by atoms with Crippen molar-refractivity contribution in [2.45, 2.75) is 51.5 Å². The van der Waals surface area contributed by atoms with Gasteiger partial charge >= 0.3 is 0 Å². The van der Waals surface area contributed by atoms with E-state index in [9.17, 15) is 4.79 Å². The average Bonchev–Trinajstić information content (AvgIpc) is 2.15. The largest absolute Gasteiger partial charge is 0.381 e. The Morgan fingerprint density at radius 1 is 1.33 bits per heavy atom. The summed E-state index contributed by atoms with van der Waals surface area (Å²) in [6.45, 7) is 5.90. The highest BCUT2D eigenvalue weighted by Crippen LogP contribution is 2.34. The number of halogens is 1. The molecule has 0 aromatic rings. The maximum absolute atomic E-state index is 12.2. The first-order valence-electron chi connectivity index (χ1n) is 5.57. The summed E-state index contributed by atoms with van der Waals surface area (Å²) in [7, 11) is 1.67. The summed E-state index contributed by atoms with van der Waals surface area (Å²) in [6, 6.07) is 0. The molecular weight excluding hydrogens is 212 g/mol. The fourth-order valence-electron chi connectivity index (χ4n) is 2.20. The number of carbonyl (C=O) groups excluding carboxylic acids is 1. The maximum atomic E-state index is 12.2. The summed E-state index contributed by atoms with van der Waals surface area (Å²) in [6.07, 6.45) is 2.59. The molecule has 0 spiro atoms. The van der Waals surface area contributed by atoms with E-state index in [2.05, 4.69) is 0 Å². The maximum Gasteiger partial charge on any atom is 0.143 e. The van der Waals surface area contributed by atoms with Gasteiger partial charge in [0.15, 0.2) is 0 Å². The quantitative estimate of drug-likeness (QED) is 0.685. The minimum atomic E-state index is -0.277. The molecule has 0 aromatic carbocycles. The topological polar surface area (TPSA) is 26.3 Å². The summed E-state index contributed by atoms with van der Waals surface area (Å²) in [5.74, 6) is 0.336. The number of hydrogen-bond acceptors (Lipinski definition) is 2. The van der Waals surface area contributed by atoms with E-state index in [0.717, 1.165) is 19.3 Å². The molecule has 0 saturated heterocycles. The minimum Gasteiger partial charge on any atom is -0.381 e. The SMILES string of the molecule is COC1CC(Cl)CCC1C(=O)C(C)(C)C. The number of Topliss-reactive ketones (excluding diaryl/α,β-unsaturated/α-hetero) is 1. The number of rotatable bonds is 2. The van der Waals surface area contributed by atoms with Gasteiger partial charge in [0.05, 0.1) is 6.10 Å². The van der Waals surface area contributed by atoms with Gasteiger partial charge in [-0.1, -0.05) is 20.8 Å². The van der Waals surface area contributed by atoms with Crippen LogP contribution in [0.4, 0.5) is 0 Å². The normalized spacial score (nSPS) is 32.7. The summed E-state index contributed by atoms with van der Waals surface area (Å²) >= 11 is 6.08. The Labute approximate surface area is 97.3 Å². The molecule has 3 heteroatoms. The van der Waals surface area contributed by atoms with Crippen molar-refractivity contribution in [2.75, 3.05) is 7.11 Å². The molecule has 0 amide bonds.